The van der Waals surface area contributed by atoms with E-state index in [2.05, 4.69) is 32.9 Å². The number of carbonyl (C=O) groups is 1. The first kappa shape index (κ1) is 27.4. The van der Waals surface area contributed by atoms with Gasteiger partial charge < -0.3 is 9.80 Å². The molecule has 8 heteroatoms. The van der Waals surface area contributed by atoms with E-state index in [9.17, 15) is 9.18 Å². The van der Waals surface area contributed by atoms with Gasteiger partial charge in [-0.3, -0.25) is 14.6 Å². The number of piperazine rings is 1. The third kappa shape index (κ3) is 6.42. The molecule has 1 spiro atoms. The van der Waals surface area contributed by atoms with Crippen molar-refractivity contribution >= 4 is 11.7 Å². The zero-order valence-corrected chi connectivity index (χ0v) is 23.5. The molecule has 0 unspecified atom stereocenters. The van der Waals surface area contributed by atoms with Crippen LogP contribution in [0.1, 0.15) is 46.3 Å². The molecule has 212 valence electrons. The number of carbonyl (C=O) groups excluding carboxylic acids is 1. The van der Waals surface area contributed by atoms with Gasteiger partial charge in [0.25, 0.3) is 5.91 Å². The highest BCUT2D eigenvalue weighted by molar-refractivity contribution is 5.94. The third-order valence-corrected chi connectivity index (χ3v) is 9.14. The molecule has 0 atom stereocenters. The molecule has 3 fully saturated rings. The highest BCUT2D eigenvalue weighted by Crippen LogP contribution is 2.41. The number of amides is 1. The Balaban J connectivity index is 0.971. The lowest BCUT2D eigenvalue weighted by Crippen LogP contribution is -2.48. The predicted octanol–water partition coefficient (Wildman–Crippen LogP) is 4.54. The molecule has 3 aromatic rings. The first-order valence-corrected chi connectivity index (χ1v) is 14.7. The molecular formula is C33H37FN6O. The van der Waals surface area contributed by atoms with Gasteiger partial charge in [-0.25, -0.2) is 9.37 Å². The summed E-state index contributed by atoms with van der Waals surface area (Å²) in [4.78, 5) is 27.0. The standard InChI is InChI=1S/C33H37FN6O/c34-30-8-5-28(6-9-30)24-38-17-19-39(20-18-38)32(41)29-7-10-31(36-22-29)40-16-13-33(25-40)11-14-37(15-12-33)23-27-3-1-26(21-35)2-4-27/h1-10,22H,11-20,23-25H2. The van der Waals surface area contributed by atoms with Crippen LogP contribution < -0.4 is 4.90 Å². The fourth-order valence-electron chi connectivity index (χ4n) is 6.51. The zero-order valence-electron chi connectivity index (χ0n) is 23.5. The van der Waals surface area contributed by atoms with E-state index in [-0.39, 0.29) is 11.7 Å². The largest absolute Gasteiger partial charge is 0.356 e. The van der Waals surface area contributed by atoms with Gasteiger partial charge in [0.2, 0.25) is 0 Å². The number of likely N-dealkylation sites (tertiary alicyclic amines) is 1. The number of halogens is 1. The average molecular weight is 553 g/mol. The van der Waals surface area contributed by atoms with Gasteiger partial charge >= 0.3 is 0 Å². The van der Waals surface area contributed by atoms with Gasteiger partial charge in [-0.2, -0.15) is 5.26 Å². The Kier molecular flexibility index (Phi) is 8.00. The van der Waals surface area contributed by atoms with Crippen LogP contribution in [0.3, 0.4) is 0 Å². The fourth-order valence-corrected chi connectivity index (χ4v) is 6.51. The van der Waals surface area contributed by atoms with E-state index in [1.165, 1.54) is 37.0 Å². The molecule has 4 heterocycles. The van der Waals surface area contributed by atoms with E-state index in [0.717, 1.165) is 63.7 Å². The van der Waals surface area contributed by atoms with Crippen molar-refractivity contribution in [1.29, 1.82) is 5.26 Å². The molecule has 3 aliphatic rings. The van der Waals surface area contributed by atoms with Gasteiger partial charge in [0.05, 0.1) is 17.2 Å². The minimum atomic E-state index is -0.217. The molecule has 3 aliphatic heterocycles. The molecule has 6 rings (SSSR count). The maximum atomic E-state index is 13.2. The monoisotopic (exact) mass is 552 g/mol. The van der Waals surface area contributed by atoms with Crippen molar-refractivity contribution < 1.29 is 9.18 Å². The number of hydrogen-bond donors (Lipinski definition) is 0. The average Bonchev–Trinajstić information content (AvgIpc) is 3.43. The molecule has 0 aliphatic carbocycles. The highest BCUT2D eigenvalue weighted by Gasteiger charge is 2.41. The number of benzene rings is 2. The second-order valence-corrected chi connectivity index (χ2v) is 11.9. The van der Waals surface area contributed by atoms with Crippen LogP contribution in [0.15, 0.2) is 66.9 Å². The van der Waals surface area contributed by atoms with Gasteiger partial charge in [0, 0.05) is 58.6 Å². The first-order valence-electron chi connectivity index (χ1n) is 14.7. The number of rotatable bonds is 6. The lowest BCUT2D eigenvalue weighted by atomic mass is 9.77. The fraction of sp³-hybridized carbons (Fsp3) is 0.424. The van der Waals surface area contributed by atoms with Crippen molar-refractivity contribution in [2.24, 2.45) is 5.41 Å². The molecule has 1 amide bonds. The molecule has 0 N–H and O–H groups in total. The highest BCUT2D eigenvalue weighted by atomic mass is 19.1. The summed E-state index contributed by atoms with van der Waals surface area (Å²) in [5, 5.41) is 9.02. The van der Waals surface area contributed by atoms with Crippen LogP contribution in [-0.2, 0) is 13.1 Å². The van der Waals surface area contributed by atoms with Gasteiger partial charge in [0.1, 0.15) is 11.6 Å². The van der Waals surface area contributed by atoms with Crippen molar-refractivity contribution in [2.45, 2.75) is 32.4 Å². The summed E-state index contributed by atoms with van der Waals surface area (Å²) in [6, 6.07) is 20.7. The van der Waals surface area contributed by atoms with Gasteiger partial charge in [0.15, 0.2) is 0 Å². The van der Waals surface area contributed by atoms with Crippen LogP contribution in [-0.4, -0.2) is 77.9 Å². The quantitative estimate of drug-likeness (QED) is 0.447. The third-order valence-electron chi connectivity index (χ3n) is 9.14. The smallest absolute Gasteiger partial charge is 0.255 e. The van der Waals surface area contributed by atoms with Crippen molar-refractivity contribution in [3.05, 3.63) is 94.9 Å². The van der Waals surface area contributed by atoms with E-state index >= 15 is 0 Å². The van der Waals surface area contributed by atoms with Crippen molar-refractivity contribution in [3.63, 3.8) is 0 Å². The minimum Gasteiger partial charge on any atom is -0.356 e. The van der Waals surface area contributed by atoms with Gasteiger partial charge in [-0.1, -0.05) is 24.3 Å². The molecule has 0 radical (unpaired) electrons. The Labute approximate surface area is 241 Å². The predicted molar refractivity (Wildman–Crippen MR) is 157 cm³/mol. The molecule has 0 bridgehead atoms. The van der Waals surface area contributed by atoms with Crippen LogP contribution in [0.2, 0.25) is 0 Å². The summed E-state index contributed by atoms with van der Waals surface area (Å²) < 4.78 is 13.2. The molecule has 7 nitrogen and oxygen atoms in total. The lowest BCUT2D eigenvalue weighted by molar-refractivity contribution is 0.0628. The summed E-state index contributed by atoms with van der Waals surface area (Å²) in [5.74, 6) is 0.784. The molecule has 2 aromatic carbocycles. The summed E-state index contributed by atoms with van der Waals surface area (Å²) in [6.07, 6.45) is 5.29. The molecule has 1 aromatic heterocycles. The van der Waals surface area contributed by atoms with Crippen molar-refractivity contribution in [2.75, 3.05) is 57.3 Å². The molecule has 41 heavy (non-hydrogen) atoms. The second-order valence-electron chi connectivity index (χ2n) is 11.9. The number of hydrogen-bond acceptors (Lipinski definition) is 6. The number of anilines is 1. The van der Waals surface area contributed by atoms with Crippen LogP contribution in [0.5, 0.6) is 0 Å². The van der Waals surface area contributed by atoms with E-state index in [4.69, 9.17) is 10.2 Å². The summed E-state index contributed by atoms with van der Waals surface area (Å²) in [5.41, 5.74) is 4.04. The molecule has 0 saturated carbocycles. The van der Waals surface area contributed by atoms with Gasteiger partial charge in [-0.15, -0.1) is 0 Å². The Bertz CT molecular complexity index is 1370. The van der Waals surface area contributed by atoms with Crippen molar-refractivity contribution in [3.8, 4) is 6.07 Å². The Morgan fingerprint density at radius 3 is 2.02 bits per heavy atom. The van der Waals surface area contributed by atoms with Crippen molar-refractivity contribution in [1.82, 2.24) is 19.7 Å². The summed E-state index contributed by atoms with van der Waals surface area (Å²) >= 11 is 0. The van der Waals surface area contributed by atoms with Crippen LogP contribution in [0.4, 0.5) is 10.2 Å². The zero-order chi connectivity index (χ0) is 28.2. The SMILES string of the molecule is N#Cc1ccc(CN2CCC3(CC2)CCN(c2ccc(C(=O)N4CCN(Cc5ccc(F)cc5)CC4)cn2)C3)cc1. The normalized spacial score (nSPS) is 19.4. The second kappa shape index (κ2) is 12.0. The maximum Gasteiger partial charge on any atom is 0.255 e. The summed E-state index contributed by atoms with van der Waals surface area (Å²) in [6.45, 7) is 8.87. The number of aromatic nitrogens is 1. The first-order chi connectivity index (χ1) is 20.0. The topological polar surface area (TPSA) is 66.7 Å². The molecular weight excluding hydrogens is 515 g/mol. The number of pyridine rings is 1. The van der Waals surface area contributed by atoms with Crippen LogP contribution in [0.25, 0.3) is 0 Å². The Morgan fingerprint density at radius 2 is 1.41 bits per heavy atom. The number of nitrogens with zero attached hydrogens (tertiary/aromatic N) is 6. The minimum absolute atomic E-state index is 0.0398. The summed E-state index contributed by atoms with van der Waals surface area (Å²) in [7, 11) is 0. The van der Waals surface area contributed by atoms with E-state index in [1.807, 2.05) is 41.3 Å². The number of piperidine rings is 1. The van der Waals surface area contributed by atoms with Gasteiger partial charge in [-0.05, 0) is 85.3 Å². The van der Waals surface area contributed by atoms with Crippen LogP contribution >= 0.6 is 0 Å². The van der Waals surface area contributed by atoms with E-state index in [1.54, 1.807) is 6.20 Å². The number of nitriles is 1. The van der Waals surface area contributed by atoms with E-state index < -0.39 is 0 Å². The van der Waals surface area contributed by atoms with Crippen LogP contribution in [0, 0.1) is 22.6 Å². The lowest BCUT2D eigenvalue weighted by Gasteiger charge is -2.39. The van der Waals surface area contributed by atoms with E-state index in [0.29, 0.717) is 29.6 Å². The Hall–Kier alpha value is -3.80. The maximum absolute atomic E-state index is 13.2. The Morgan fingerprint density at radius 1 is 0.805 bits per heavy atom. The molecule has 3 saturated heterocycles.